The largest absolute Gasteiger partial charge is 0.309 e. The second-order valence-electron chi connectivity index (χ2n) is 6.62. The molecule has 4 aromatic rings. The van der Waals surface area contributed by atoms with Crippen LogP contribution in [0.3, 0.4) is 0 Å². The minimum atomic E-state index is -0.106. The van der Waals surface area contributed by atoms with Gasteiger partial charge in [-0.2, -0.15) is 10.1 Å². The summed E-state index contributed by atoms with van der Waals surface area (Å²) in [7, 11) is 0. The Hall–Kier alpha value is -3.36. The van der Waals surface area contributed by atoms with Crippen LogP contribution in [-0.2, 0) is 11.2 Å². The number of aryl methyl sites for hydroxylation is 4. The quantitative estimate of drug-likeness (QED) is 0.594. The minimum absolute atomic E-state index is 0.106. The van der Waals surface area contributed by atoms with Crippen LogP contribution in [0.1, 0.15) is 34.8 Å². The summed E-state index contributed by atoms with van der Waals surface area (Å²) in [6.45, 7) is 7.78. The fourth-order valence-electron chi connectivity index (χ4n) is 3.31. The molecule has 138 valence electrons. The Morgan fingerprint density at radius 1 is 1.11 bits per heavy atom. The lowest BCUT2D eigenvalue weighted by molar-refractivity contribution is -0.116. The average molecular weight is 364 g/mol. The summed E-state index contributed by atoms with van der Waals surface area (Å²) in [6.07, 6.45) is 2.37. The van der Waals surface area contributed by atoms with E-state index in [0.29, 0.717) is 24.4 Å². The zero-order valence-electron chi connectivity index (χ0n) is 15.7. The van der Waals surface area contributed by atoms with Crippen molar-refractivity contribution in [1.29, 1.82) is 0 Å². The van der Waals surface area contributed by atoms with Crippen LogP contribution in [0.15, 0.2) is 18.5 Å². The Labute approximate surface area is 155 Å². The minimum Gasteiger partial charge on any atom is -0.309 e. The van der Waals surface area contributed by atoms with Gasteiger partial charge in [-0.05, 0) is 45.7 Å². The lowest BCUT2D eigenvalue weighted by atomic mass is 10.1. The Morgan fingerprint density at radius 3 is 2.74 bits per heavy atom. The monoisotopic (exact) mass is 364 g/mol. The number of amides is 1. The van der Waals surface area contributed by atoms with E-state index in [0.717, 1.165) is 34.0 Å². The maximum Gasteiger partial charge on any atom is 0.252 e. The van der Waals surface area contributed by atoms with E-state index in [2.05, 4.69) is 30.5 Å². The van der Waals surface area contributed by atoms with Crippen LogP contribution in [0, 0.1) is 27.7 Å². The number of hydrogen-bond donors (Lipinski definition) is 1. The fraction of sp³-hybridized carbons (Fsp3) is 0.333. The molecule has 0 aliphatic heterocycles. The summed E-state index contributed by atoms with van der Waals surface area (Å²) in [6, 6.07) is 3.72. The van der Waals surface area contributed by atoms with Gasteiger partial charge in [-0.15, -0.1) is 5.10 Å². The van der Waals surface area contributed by atoms with E-state index < -0.39 is 0 Å². The van der Waals surface area contributed by atoms with Crippen molar-refractivity contribution in [3.63, 3.8) is 0 Å². The second kappa shape index (κ2) is 6.42. The number of carbonyl (C=O) groups excluding carboxylic acids is 1. The molecule has 0 atom stereocenters. The lowest BCUT2D eigenvalue weighted by Crippen LogP contribution is -2.14. The van der Waals surface area contributed by atoms with Crippen molar-refractivity contribution >= 4 is 23.1 Å². The third kappa shape index (κ3) is 3.12. The van der Waals surface area contributed by atoms with Crippen molar-refractivity contribution in [2.24, 2.45) is 0 Å². The molecular formula is C18H20N8O. The van der Waals surface area contributed by atoms with Crippen LogP contribution in [0.2, 0.25) is 0 Å². The highest BCUT2D eigenvalue weighted by Crippen LogP contribution is 2.16. The van der Waals surface area contributed by atoms with Crippen LogP contribution in [0.4, 0.5) is 5.82 Å². The Balaban J connectivity index is 1.50. The first kappa shape index (κ1) is 17.1. The number of nitrogens with zero attached hydrogens (tertiary/aromatic N) is 7. The highest BCUT2D eigenvalue weighted by molar-refractivity contribution is 5.90. The fourth-order valence-corrected chi connectivity index (χ4v) is 3.31. The smallest absolute Gasteiger partial charge is 0.252 e. The first-order valence-electron chi connectivity index (χ1n) is 8.72. The van der Waals surface area contributed by atoms with E-state index in [1.807, 2.05) is 33.8 Å². The van der Waals surface area contributed by atoms with Gasteiger partial charge in [0.15, 0.2) is 11.5 Å². The Kier molecular flexibility index (Phi) is 4.06. The van der Waals surface area contributed by atoms with Crippen molar-refractivity contribution < 1.29 is 4.79 Å². The summed E-state index contributed by atoms with van der Waals surface area (Å²) in [5, 5.41) is 11.4. The summed E-state index contributed by atoms with van der Waals surface area (Å²) < 4.78 is 3.42. The molecule has 0 fully saturated rings. The normalized spacial score (nSPS) is 11.4. The number of nitrogens with one attached hydrogen (secondary N) is 1. The van der Waals surface area contributed by atoms with E-state index in [9.17, 15) is 4.79 Å². The topological polar surface area (TPSA) is 102 Å². The molecule has 4 heterocycles. The molecule has 0 aliphatic carbocycles. The molecule has 0 bridgehead atoms. The molecule has 0 aromatic carbocycles. The van der Waals surface area contributed by atoms with Crippen molar-refractivity contribution in [3.05, 3.63) is 46.8 Å². The van der Waals surface area contributed by atoms with E-state index in [1.165, 1.54) is 6.33 Å². The van der Waals surface area contributed by atoms with E-state index in [4.69, 9.17) is 0 Å². The van der Waals surface area contributed by atoms with Gasteiger partial charge in [-0.3, -0.25) is 4.79 Å². The highest BCUT2D eigenvalue weighted by atomic mass is 16.1. The second-order valence-corrected chi connectivity index (χ2v) is 6.62. The Bertz CT molecular complexity index is 1170. The zero-order valence-corrected chi connectivity index (χ0v) is 15.7. The average Bonchev–Trinajstić information content (AvgIpc) is 3.21. The zero-order chi connectivity index (χ0) is 19.1. The molecule has 4 aromatic heterocycles. The van der Waals surface area contributed by atoms with Gasteiger partial charge in [-0.1, -0.05) is 0 Å². The maximum absolute atomic E-state index is 12.4. The van der Waals surface area contributed by atoms with Crippen LogP contribution in [-0.4, -0.2) is 40.1 Å². The molecule has 0 saturated heterocycles. The van der Waals surface area contributed by atoms with Crippen molar-refractivity contribution in [2.45, 2.75) is 40.5 Å². The van der Waals surface area contributed by atoms with Gasteiger partial charge in [-0.25, -0.2) is 19.0 Å². The SMILES string of the molecule is Cc1cc(C)n2nc(NC(=O)CCc3c(C)nc4ncnn4c3C)cc2n1. The number of anilines is 1. The molecule has 0 radical (unpaired) electrons. The van der Waals surface area contributed by atoms with Crippen molar-refractivity contribution in [1.82, 2.24) is 34.2 Å². The van der Waals surface area contributed by atoms with Gasteiger partial charge < -0.3 is 5.32 Å². The van der Waals surface area contributed by atoms with Gasteiger partial charge in [0.05, 0.1) is 0 Å². The van der Waals surface area contributed by atoms with Crippen LogP contribution in [0.5, 0.6) is 0 Å². The van der Waals surface area contributed by atoms with E-state index in [1.54, 1.807) is 15.1 Å². The molecule has 0 saturated carbocycles. The third-order valence-corrected chi connectivity index (χ3v) is 4.59. The van der Waals surface area contributed by atoms with Gasteiger partial charge in [0.1, 0.15) is 6.33 Å². The van der Waals surface area contributed by atoms with E-state index in [-0.39, 0.29) is 5.91 Å². The van der Waals surface area contributed by atoms with Gasteiger partial charge in [0, 0.05) is 35.3 Å². The molecular weight excluding hydrogens is 344 g/mol. The number of fused-ring (bicyclic) bond motifs is 2. The van der Waals surface area contributed by atoms with Crippen molar-refractivity contribution in [2.75, 3.05) is 5.32 Å². The van der Waals surface area contributed by atoms with Crippen LogP contribution < -0.4 is 5.32 Å². The Morgan fingerprint density at radius 2 is 1.93 bits per heavy atom. The highest BCUT2D eigenvalue weighted by Gasteiger charge is 2.14. The van der Waals surface area contributed by atoms with Gasteiger partial charge in [0.2, 0.25) is 5.91 Å². The summed E-state index contributed by atoms with van der Waals surface area (Å²) in [4.78, 5) is 25.4. The molecule has 0 aliphatic rings. The summed E-state index contributed by atoms with van der Waals surface area (Å²) in [5.41, 5.74) is 5.42. The van der Waals surface area contributed by atoms with Gasteiger partial charge >= 0.3 is 0 Å². The molecule has 1 N–H and O–H groups in total. The maximum atomic E-state index is 12.4. The van der Waals surface area contributed by atoms with Crippen molar-refractivity contribution in [3.8, 4) is 0 Å². The predicted octanol–water partition coefficient (Wildman–Crippen LogP) is 1.97. The lowest BCUT2D eigenvalue weighted by Gasteiger charge is -2.10. The summed E-state index contributed by atoms with van der Waals surface area (Å²) >= 11 is 0. The molecule has 0 unspecified atom stereocenters. The number of aromatic nitrogens is 7. The van der Waals surface area contributed by atoms with E-state index >= 15 is 0 Å². The van der Waals surface area contributed by atoms with Crippen LogP contribution >= 0.6 is 0 Å². The number of hydrogen-bond acceptors (Lipinski definition) is 6. The van der Waals surface area contributed by atoms with Crippen LogP contribution in [0.25, 0.3) is 11.4 Å². The first-order valence-corrected chi connectivity index (χ1v) is 8.72. The number of carbonyl (C=O) groups is 1. The third-order valence-electron chi connectivity index (χ3n) is 4.59. The molecule has 0 spiro atoms. The number of rotatable bonds is 4. The molecule has 9 nitrogen and oxygen atoms in total. The standard InChI is InChI=1S/C18H20N8O/c1-10-7-11(2)25-16(21-10)8-15(24-25)23-17(27)6-5-14-12(3)22-18-19-9-20-26(18)13(14)4/h7-9H,5-6H2,1-4H3,(H,23,24,27). The molecule has 4 rings (SSSR count). The molecule has 9 heteroatoms. The molecule has 27 heavy (non-hydrogen) atoms. The first-order chi connectivity index (χ1) is 12.9. The predicted molar refractivity (Wildman–Crippen MR) is 99.7 cm³/mol. The molecule has 1 amide bonds. The van der Waals surface area contributed by atoms with Gasteiger partial charge in [0.25, 0.3) is 5.78 Å². The summed E-state index contributed by atoms with van der Waals surface area (Å²) in [5.74, 6) is 0.964.